The summed E-state index contributed by atoms with van der Waals surface area (Å²) in [5.41, 5.74) is 0.590. The number of hydrogen-bond donors (Lipinski definition) is 0. The van der Waals surface area contributed by atoms with Crippen molar-refractivity contribution in [3.05, 3.63) is 0 Å². The number of nitrogens with zero attached hydrogens (tertiary/aromatic N) is 2. The zero-order chi connectivity index (χ0) is 14.4. The first-order valence-corrected chi connectivity index (χ1v) is 7.60. The van der Waals surface area contributed by atoms with Crippen LogP contribution in [0.3, 0.4) is 0 Å². The van der Waals surface area contributed by atoms with Gasteiger partial charge in [-0.1, -0.05) is 26.7 Å². The van der Waals surface area contributed by atoms with E-state index in [0.29, 0.717) is 11.1 Å². The lowest BCUT2D eigenvalue weighted by Crippen LogP contribution is -2.57. The van der Waals surface area contributed by atoms with E-state index in [2.05, 4.69) is 65.4 Å². The summed E-state index contributed by atoms with van der Waals surface area (Å²) in [4.78, 5) is 5.02. The van der Waals surface area contributed by atoms with Gasteiger partial charge in [0.1, 0.15) is 0 Å². The Bertz CT molecular complexity index is 201. The lowest BCUT2D eigenvalue weighted by molar-refractivity contribution is 0.000693. The smallest absolute Gasteiger partial charge is 0.0159 e. The Labute approximate surface area is 116 Å². The van der Waals surface area contributed by atoms with Gasteiger partial charge >= 0.3 is 0 Å². The Hall–Kier alpha value is -0.0800. The quantitative estimate of drug-likeness (QED) is 0.615. The molecule has 2 nitrogen and oxygen atoms in total. The van der Waals surface area contributed by atoms with Gasteiger partial charge in [-0.3, -0.25) is 4.90 Å². The van der Waals surface area contributed by atoms with Gasteiger partial charge in [-0.25, -0.2) is 0 Å². The van der Waals surface area contributed by atoms with Crippen LogP contribution in [-0.2, 0) is 0 Å². The van der Waals surface area contributed by atoms with Crippen molar-refractivity contribution in [2.45, 2.75) is 78.3 Å². The van der Waals surface area contributed by atoms with E-state index < -0.39 is 0 Å². The third kappa shape index (κ3) is 5.71. The van der Waals surface area contributed by atoms with Crippen LogP contribution in [0.25, 0.3) is 0 Å². The van der Waals surface area contributed by atoms with Crippen molar-refractivity contribution in [3.8, 4) is 0 Å². The highest BCUT2D eigenvalue weighted by Crippen LogP contribution is 2.31. The molecule has 0 aromatic carbocycles. The van der Waals surface area contributed by atoms with E-state index in [1.165, 1.54) is 25.7 Å². The molecule has 0 fully saturated rings. The summed E-state index contributed by atoms with van der Waals surface area (Å²) in [5, 5.41) is 0. The average molecular weight is 256 g/mol. The van der Waals surface area contributed by atoms with Crippen LogP contribution in [0.5, 0.6) is 0 Å². The first-order valence-electron chi connectivity index (χ1n) is 7.60. The van der Waals surface area contributed by atoms with Crippen molar-refractivity contribution in [1.82, 2.24) is 9.80 Å². The molecule has 0 aromatic rings. The van der Waals surface area contributed by atoms with E-state index in [1.807, 2.05) is 0 Å². The molecule has 0 aliphatic heterocycles. The first kappa shape index (κ1) is 17.9. The van der Waals surface area contributed by atoms with Crippen LogP contribution in [0, 0.1) is 0 Å². The van der Waals surface area contributed by atoms with E-state index in [9.17, 15) is 0 Å². The standard InChI is InChI=1S/C16H36N2/c1-9-11-15(3,4)18(14-13-17(7)8)16(5,6)12-10-2/h9-14H2,1-8H3. The first-order chi connectivity index (χ1) is 8.17. The average Bonchev–Trinajstić information content (AvgIpc) is 2.15. The molecule has 18 heavy (non-hydrogen) atoms. The van der Waals surface area contributed by atoms with Crippen LogP contribution in [0.4, 0.5) is 0 Å². The lowest BCUT2D eigenvalue weighted by Gasteiger charge is -2.49. The third-order valence-electron chi connectivity index (χ3n) is 3.96. The van der Waals surface area contributed by atoms with Crippen LogP contribution < -0.4 is 0 Å². The minimum atomic E-state index is 0.295. The van der Waals surface area contributed by atoms with Gasteiger partial charge < -0.3 is 4.90 Å². The second kappa shape index (κ2) is 7.49. The molecule has 0 aliphatic carbocycles. The fourth-order valence-corrected chi connectivity index (χ4v) is 3.22. The minimum absolute atomic E-state index is 0.295. The molecule has 110 valence electrons. The lowest BCUT2D eigenvalue weighted by atomic mass is 9.87. The highest BCUT2D eigenvalue weighted by atomic mass is 15.3. The molecule has 0 amide bonds. The van der Waals surface area contributed by atoms with Gasteiger partial charge in [-0.2, -0.15) is 0 Å². The zero-order valence-corrected chi connectivity index (χ0v) is 14.1. The number of likely N-dealkylation sites (N-methyl/N-ethyl adjacent to an activating group) is 1. The molecular weight excluding hydrogens is 220 g/mol. The molecule has 0 heterocycles. The van der Waals surface area contributed by atoms with Crippen LogP contribution >= 0.6 is 0 Å². The summed E-state index contributed by atoms with van der Waals surface area (Å²) in [7, 11) is 4.33. The van der Waals surface area contributed by atoms with Gasteiger partial charge in [0.2, 0.25) is 0 Å². The van der Waals surface area contributed by atoms with E-state index in [1.54, 1.807) is 0 Å². The maximum atomic E-state index is 2.73. The molecule has 0 rings (SSSR count). The molecule has 0 aliphatic rings. The van der Waals surface area contributed by atoms with E-state index >= 15 is 0 Å². The summed E-state index contributed by atoms with van der Waals surface area (Å²) in [5.74, 6) is 0. The molecule has 0 saturated heterocycles. The van der Waals surface area contributed by atoms with Gasteiger partial charge in [0, 0.05) is 24.2 Å². The molecule has 0 atom stereocenters. The Morgan fingerprint density at radius 1 is 0.722 bits per heavy atom. The third-order valence-corrected chi connectivity index (χ3v) is 3.96. The minimum Gasteiger partial charge on any atom is -0.308 e. The van der Waals surface area contributed by atoms with Crippen molar-refractivity contribution in [3.63, 3.8) is 0 Å². The van der Waals surface area contributed by atoms with E-state index in [0.717, 1.165) is 13.1 Å². The Balaban J connectivity index is 4.91. The molecule has 0 spiro atoms. The van der Waals surface area contributed by atoms with Crippen LogP contribution in [0.15, 0.2) is 0 Å². The Kier molecular flexibility index (Phi) is 7.46. The highest BCUT2D eigenvalue weighted by Gasteiger charge is 2.36. The predicted octanol–water partition coefficient (Wildman–Crippen LogP) is 4.01. The summed E-state index contributed by atoms with van der Waals surface area (Å²) in [6, 6.07) is 0. The molecular formula is C16H36N2. The van der Waals surface area contributed by atoms with Crippen LogP contribution in [-0.4, -0.2) is 48.1 Å². The summed E-state index contributed by atoms with van der Waals surface area (Å²) >= 11 is 0. The summed E-state index contributed by atoms with van der Waals surface area (Å²) in [6.45, 7) is 16.5. The summed E-state index contributed by atoms with van der Waals surface area (Å²) in [6.07, 6.45) is 5.06. The Morgan fingerprint density at radius 3 is 1.39 bits per heavy atom. The van der Waals surface area contributed by atoms with E-state index in [4.69, 9.17) is 0 Å². The van der Waals surface area contributed by atoms with E-state index in [-0.39, 0.29) is 0 Å². The predicted molar refractivity (Wildman–Crippen MR) is 83.2 cm³/mol. The topological polar surface area (TPSA) is 6.48 Å². The monoisotopic (exact) mass is 256 g/mol. The fourth-order valence-electron chi connectivity index (χ4n) is 3.22. The second-order valence-electron chi connectivity index (χ2n) is 7.08. The molecule has 0 N–H and O–H groups in total. The van der Waals surface area contributed by atoms with Crippen LogP contribution in [0.1, 0.15) is 67.2 Å². The number of hydrogen-bond acceptors (Lipinski definition) is 2. The number of rotatable bonds is 9. The SMILES string of the molecule is CCCC(C)(C)N(CCN(C)C)C(C)(C)CCC. The van der Waals surface area contributed by atoms with Gasteiger partial charge in [-0.05, 0) is 54.6 Å². The molecule has 0 unspecified atom stereocenters. The molecule has 0 radical (unpaired) electrons. The van der Waals surface area contributed by atoms with Gasteiger partial charge in [0.25, 0.3) is 0 Å². The normalized spacial score (nSPS) is 13.7. The molecule has 0 bridgehead atoms. The zero-order valence-electron chi connectivity index (χ0n) is 14.1. The maximum absolute atomic E-state index is 2.73. The molecule has 0 aromatic heterocycles. The van der Waals surface area contributed by atoms with Gasteiger partial charge in [0.05, 0.1) is 0 Å². The van der Waals surface area contributed by atoms with Crippen molar-refractivity contribution in [2.24, 2.45) is 0 Å². The van der Waals surface area contributed by atoms with Gasteiger partial charge in [0.15, 0.2) is 0 Å². The largest absolute Gasteiger partial charge is 0.308 e. The van der Waals surface area contributed by atoms with Crippen molar-refractivity contribution < 1.29 is 0 Å². The highest BCUT2D eigenvalue weighted by molar-refractivity contribution is 4.92. The summed E-state index contributed by atoms with van der Waals surface area (Å²) < 4.78 is 0. The van der Waals surface area contributed by atoms with Crippen molar-refractivity contribution in [2.75, 3.05) is 27.2 Å². The van der Waals surface area contributed by atoms with Crippen molar-refractivity contribution in [1.29, 1.82) is 0 Å². The fraction of sp³-hybridized carbons (Fsp3) is 1.00. The second-order valence-corrected chi connectivity index (χ2v) is 7.08. The van der Waals surface area contributed by atoms with Crippen molar-refractivity contribution >= 4 is 0 Å². The molecule has 0 saturated carbocycles. The Morgan fingerprint density at radius 2 is 1.11 bits per heavy atom. The van der Waals surface area contributed by atoms with Crippen LogP contribution in [0.2, 0.25) is 0 Å². The maximum Gasteiger partial charge on any atom is 0.0159 e. The molecule has 2 heteroatoms. The van der Waals surface area contributed by atoms with Gasteiger partial charge in [-0.15, -0.1) is 0 Å².